The normalized spacial score (nSPS) is 13.4. The van der Waals surface area contributed by atoms with Gasteiger partial charge in [-0.1, -0.05) is 13.0 Å². The maximum atomic E-state index is 13.6. The Hall–Kier alpha value is -1.21. The Morgan fingerprint density at radius 1 is 1.19 bits per heavy atom. The SMILES string of the molecule is CCCNC(COCC(F)(F)F)Cc1c(F)cccc1F. The van der Waals surface area contributed by atoms with Crippen LogP contribution in [-0.4, -0.2) is 32.0 Å². The van der Waals surface area contributed by atoms with Crippen LogP contribution in [0.3, 0.4) is 0 Å². The zero-order chi connectivity index (χ0) is 15.9. The molecule has 1 unspecified atom stereocenters. The average molecular weight is 311 g/mol. The van der Waals surface area contributed by atoms with Crippen molar-refractivity contribution in [2.75, 3.05) is 19.8 Å². The van der Waals surface area contributed by atoms with Crippen molar-refractivity contribution in [3.63, 3.8) is 0 Å². The predicted octanol–water partition coefficient (Wildman–Crippen LogP) is 3.45. The lowest BCUT2D eigenvalue weighted by molar-refractivity contribution is -0.175. The van der Waals surface area contributed by atoms with Crippen LogP contribution in [0.1, 0.15) is 18.9 Å². The maximum absolute atomic E-state index is 13.6. The van der Waals surface area contributed by atoms with Crippen LogP contribution in [0.15, 0.2) is 18.2 Å². The number of hydrogen-bond donors (Lipinski definition) is 1. The lowest BCUT2D eigenvalue weighted by atomic mass is 10.0. The van der Waals surface area contributed by atoms with Gasteiger partial charge in [0.25, 0.3) is 0 Å². The monoisotopic (exact) mass is 311 g/mol. The van der Waals surface area contributed by atoms with Gasteiger partial charge in [0.05, 0.1) is 6.61 Å². The summed E-state index contributed by atoms with van der Waals surface area (Å²) in [5, 5.41) is 2.93. The molecule has 1 N–H and O–H groups in total. The second-order valence-corrected chi connectivity index (χ2v) is 4.69. The third-order valence-corrected chi connectivity index (χ3v) is 2.78. The van der Waals surface area contributed by atoms with Gasteiger partial charge < -0.3 is 10.1 Å². The van der Waals surface area contributed by atoms with Gasteiger partial charge in [-0.15, -0.1) is 0 Å². The van der Waals surface area contributed by atoms with E-state index in [1.807, 2.05) is 6.92 Å². The van der Waals surface area contributed by atoms with Gasteiger partial charge in [-0.25, -0.2) is 8.78 Å². The standard InChI is InChI=1S/C14H18F5NO/c1-2-6-20-10(8-21-9-14(17,18)19)7-11-12(15)4-3-5-13(11)16/h3-5,10,20H,2,6-9H2,1H3. The van der Waals surface area contributed by atoms with Crippen molar-refractivity contribution < 1.29 is 26.7 Å². The highest BCUT2D eigenvalue weighted by molar-refractivity contribution is 5.20. The summed E-state index contributed by atoms with van der Waals surface area (Å²) in [6.07, 6.45) is -3.75. The van der Waals surface area contributed by atoms with Crippen molar-refractivity contribution in [2.24, 2.45) is 0 Å². The van der Waals surface area contributed by atoms with E-state index >= 15 is 0 Å². The summed E-state index contributed by atoms with van der Waals surface area (Å²) in [6.45, 7) is 0.755. The molecule has 120 valence electrons. The van der Waals surface area contributed by atoms with E-state index in [2.05, 4.69) is 10.1 Å². The van der Waals surface area contributed by atoms with Crippen LogP contribution >= 0.6 is 0 Å². The first-order valence-electron chi connectivity index (χ1n) is 6.64. The Bertz CT molecular complexity index is 416. The quantitative estimate of drug-likeness (QED) is 0.743. The van der Waals surface area contributed by atoms with Gasteiger partial charge in [0, 0.05) is 11.6 Å². The van der Waals surface area contributed by atoms with Crippen molar-refractivity contribution in [1.29, 1.82) is 0 Å². The van der Waals surface area contributed by atoms with Gasteiger partial charge in [0.1, 0.15) is 18.2 Å². The third kappa shape index (κ3) is 6.86. The Labute approximate surface area is 120 Å². The number of nitrogens with one attached hydrogen (secondary N) is 1. The zero-order valence-electron chi connectivity index (χ0n) is 11.6. The number of hydrogen-bond acceptors (Lipinski definition) is 2. The molecule has 21 heavy (non-hydrogen) atoms. The van der Waals surface area contributed by atoms with Crippen LogP contribution in [0, 0.1) is 11.6 Å². The van der Waals surface area contributed by atoms with Crippen molar-refractivity contribution in [2.45, 2.75) is 32.0 Å². The van der Waals surface area contributed by atoms with E-state index < -0.39 is 30.5 Å². The van der Waals surface area contributed by atoms with Gasteiger partial charge >= 0.3 is 6.18 Å². The van der Waals surface area contributed by atoms with Crippen LogP contribution in [0.25, 0.3) is 0 Å². The fraction of sp³-hybridized carbons (Fsp3) is 0.571. The van der Waals surface area contributed by atoms with Crippen molar-refractivity contribution >= 4 is 0 Å². The summed E-state index contributed by atoms with van der Waals surface area (Å²) >= 11 is 0. The minimum atomic E-state index is -4.42. The minimum absolute atomic E-state index is 0.0731. The number of alkyl halides is 3. The molecule has 2 nitrogen and oxygen atoms in total. The second kappa shape index (κ2) is 8.29. The summed E-state index contributed by atoms with van der Waals surface area (Å²) in [6, 6.07) is 2.89. The third-order valence-electron chi connectivity index (χ3n) is 2.78. The first kappa shape index (κ1) is 17.8. The smallest absolute Gasteiger partial charge is 0.370 e. The molecule has 0 aliphatic heterocycles. The second-order valence-electron chi connectivity index (χ2n) is 4.69. The molecule has 0 bridgehead atoms. The molecule has 0 aromatic heterocycles. The number of rotatable bonds is 8. The highest BCUT2D eigenvalue weighted by Gasteiger charge is 2.28. The summed E-state index contributed by atoms with van der Waals surface area (Å²) < 4.78 is 67.8. The number of ether oxygens (including phenoxy) is 1. The minimum Gasteiger partial charge on any atom is -0.370 e. The van der Waals surface area contributed by atoms with E-state index in [1.165, 1.54) is 6.07 Å². The lowest BCUT2D eigenvalue weighted by Crippen LogP contribution is -2.37. The molecule has 1 rings (SSSR count). The zero-order valence-corrected chi connectivity index (χ0v) is 11.6. The van der Waals surface area contributed by atoms with Crippen LogP contribution in [0.2, 0.25) is 0 Å². The number of benzene rings is 1. The number of halogens is 5. The summed E-state index contributed by atoms with van der Waals surface area (Å²) in [7, 11) is 0. The highest BCUT2D eigenvalue weighted by Crippen LogP contribution is 2.17. The highest BCUT2D eigenvalue weighted by atomic mass is 19.4. The Morgan fingerprint density at radius 2 is 1.81 bits per heavy atom. The van der Waals surface area contributed by atoms with E-state index in [0.717, 1.165) is 18.6 Å². The van der Waals surface area contributed by atoms with Gasteiger partial charge in [-0.2, -0.15) is 13.2 Å². The molecule has 7 heteroatoms. The van der Waals surface area contributed by atoms with Crippen molar-refractivity contribution in [3.8, 4) is 0 Å². The molecular formula is C14H18F5NO. The predicted molar refractivity (Wildman–Crippen MR) is 69.0 cm³/mol. The molecule has 0 saturated carbocycles. The molecule has 0 aliphatic rings. The fourth-order valence-corrected chi connectivity index (χ4v) is 1.83. The van der Waals surface area contributed by atoms with Crippen molar-refractivity contribution in [3.05, 3.63) is 35.4 Å². The van der Waals surface area contributed by atoms with Crippen molar-refractivity contribution in [1.82, 2.24) is 5.32 Å². The van der Waals surface area contributed by atoms with Crippen LogP contribution < -0.4 is 5.32 Å². The summed E-state index contributed by atoms with van der Waals surface area (Å²) in [5.74, 6) is -1.43. The molecule has 0 fully saturated rings. The average Bonchev–Trinajstić information content (AvgIpc) is 2.38. The van der Waals surface area contributed by atoms with Crippen LogP contribution in [0.4, 0.5) is 22.0 Å². The van der Waals surface area contributed by atoms with E-state index in [9.17, 15) is 22.0 Å². The Balaban J connectivity index is 2.65. The molecule has 0 aliphatic carbocycles. The molecule has 0 saturated heterocycles. The van der Waals surface area contributed by atoms with Crippen LogP contribution in [-0.2, 0) is 11.2 Å². The lowest BCUT2D eigenvalue weighted by Gasteiger charge is -2.20. The van der Waals surface area contributed by atoms with E-state index in [-0.39, 0.29) is 18.6 Å². The van der Waals surface area contributed by atoms with Gasteiger partial charge in [-0.05, 0) is 31.5 Å². The first-order valence-corrected chi connectivity index (χ1v) is 6.64. The van der Waals surface area contributed by atoms with E-state index in [1.54, 1.807) is 0 Å². The van der Waals surface area contributed by atoms with E-state index in [0.29, 0.717) is 6.54 Å². The van der Waals surface area contributed by atoms with Gasteiger partial charge in [0.2, 0.25) is 0 Å². The summed E-state index contributed by atoms with van der Waals surface area (Å²) in [5.41, 5.74) is -0.151. The molecule has 1 aromatic rings. The van der Waals surface area contributed by atoms with Gasteiger partial charge in [-0.3, -0.25) is 0 Å². The Morgan fingerprint density at radius 3 is 2.33 bits per heavy atom. The fourth-order valence-electron chi connectivity index (χ4n) is 1.83. The van der Waals surface area contributed by atoms with Gasteiger partial charge in [0.15, 0.2) is 0 Å². The summed E-state index contributed by atoms with van der Waals surface area (Å²) in [4.78, 5) is 0. The topological polar surface area (TPSA) is 21.3 Å². The molecule has 0 heterocycles. The first-order chi connectivity index (χ1) is 9.83. The van der Waals surface area contributed by atoms with Crippen LogP contribution in [0.5, 0.6) is 0 Å². The molecule has 0 amide bonds. The molecule has 0 radical (unpaired) electrons. The molecule has 0 spiro atoms. The largest absolute Gasteiger partial charge is 0.411 e. The molecule has 1 aromatic carbocycles. The maximum Gasteiger partial charge on any atom is 0.411 e. The molecule has 1 atom stereocenters. The van der Waals surface area contributed by atoms with E-state index in [4.69, 9.17) is 0 Å². The Kier molecular flexibility index (Phi) is 7.04. The molecular weight excluding hydrogens is 293 g/mol.